The van der Waals surface area contributed by atoms with Gasteiger partial charge in [-0.1, -0.05) is 6.08 Å². The van der Waals surface area contributed by atoms with Gasteiger partial charge in [0, 0.05) is 11.3 Å². The van der Waals surface area contributed by atoms with Crippen LogP contribution in [-0.2, 0) is 14.8 Å². The summed E-state index contributed by atoms with van der Waals surface area (Å²) in [6.07, 6.45) is 2.49. The first-order valence-electron chi connectivity index (χ1n) is 3.34. The van der Waals surface area contributed by atoms with Crippen molar-refractivity contribution in [2.75, 3.05) is 0 Å². The van der Waals surface area contributed by atoms with Gasteiger partial charge in [0.2, 0.25) is 0 Å². The Bertz CT molecular complexity index is 394. The van der Waals surface area contributed by atoms with Crippen LogP contribution in [0.5, 0.6) is 0 Å². The van der Waals surface area contributed by atoms with Gasteiger partial charge in [0.15, 0.2) is 5.78 Å². The average Bonchev–Trinajstić information content (AvgIpc) is 2.09. The number of ketones is 1. The molecular formula is C6H8N2O3S2. The SMILES string of the molecule is NNS(=O)(=O)C1=CCC(=O)C(S)=C1. The van der Waals surface area contributed by atoms with E-state index in [1.54, 1.807) is 4.83 Å². The molecule has 13 heavy (non-hydrogen) atoms. The number of rotatable bonds is 2. The fraction of sp³-hybridized carbons (Fsp3) is 0.167. The summed E-state index contributed by atoms with van der Waals surface area (Å²) in [5.74, 6) is 4.59. The normalized spacial score (nSPS) is 18.2. The number of thiol groups is 1. The van der Waals surface area contributed by atoms with E-state index in [1.807, 2.05) is 0 Å². The second-order valence-corrected chi connectivity index (χ2v) is 4.58. The zero-order chi connectivity index (χ0) is 10.1. The number of carbonyl (C=O) groups is 1. The molecule has 0 saturated carbocycles. The van der Waals surface area contributed by atoms with Crippen molar-refractivity contribution in [3.05, 3.63) is 22.0 Å². The van der Waals surface area contributed by atoms with E-state index < -0.39 is 10.0 Å². The van der Waals surface area contributed by atoms with Crippen LogP contribution in [0.15, 0.2) is 22.0 Å². The Morgan fingerprint density at radius 1 is 1.54 bits per heavy atom. The van der Waals surface area contributed by atoms with Crippen LogP contribution in [0.3, 0.4) is 0 Å². The van der Waals surface area contributed by atoms with E-state index in [4.69, 9.17) is 5.84 Å². The first-order chi connectivity index (χ1) is 5.97. The molecule has 5 nitrogen and oxygen atoms in total. The highest BCUT2D eigenvalue weighted by atomic mass is 32.2. The molecule has 0 bridgehead atoms. The Kier molecular flexibility index (Phi) is 2.91. The molecular weight excluding hydrogens is 212 g/mol. The predicted octanol–water partition coefficient (Wildman–Crippen LogP) is -0.550. The third kappa shape index (κ3) is 2.19. The topological polar surface area (TPSA) is 89.3 Å². The summed E-state index contributed by atoms with van der Waals surface area (Å²) in [7, 11) is -3.67. The Morgan fingerprint density at radius 2 is 2.15 bits per heavy atom. The molecule has 1 aliphatic rings. The number of hydrogen-bond donors (Lipinski definition) is 3. The Balaban J connectivity index is 3.07. The van der Waals surface area contributed by atoms with Gasteiger partial charge in [-0.15, -0.1) is 12.6 Å². The van der Waals surface area contributed by atoms with Crippen LogP contribution in [0.1, 0.15) is 6.42 Å². The fourth-order valence-corrected chi connectivity index (χ4v) is 1.86. The lowest BCUT2D eigenvalue weighted by Gasteiger charge is -2.08. The summed E-state index contributed by atoms with van der Waals surface area (Å²) in [4.78, 5) is 12.7. The minimum absolute atomic E-state index is 0.0281. The zero-order valence-electron chi connectivity index (χ0n) is 6.52. The maximum absolute atomic E-state index is 11.1. The zero-order valence-corrected chi connectivity index (χ0v) is 8.23. The van der Waals surface area contributed by atoms with Crippen molar-refractivity contribution in [1.29, 1.82) is 0 Å². The number of Topliss-reactive ketones (excluding diaryl/α,β-unsaturated/α-hetero) is 1. The Hall–Kier alpha value is -0.630. The average molecular weight is 220 g/mol. The van der Waals surface area contributed by atoms with Crippen LogP contribution in [0, 0.1) is 0 Å². The molecule has 0 aromatic carbocycles. The summed E-state index contributed by atoms with van der Waals surface area (Å²) in [5.41, 5.74) is 0. The van der Waals surface area contributed by atoms with E-state index in [-0.39, 0.29) is 22.0 Å². The summed E-state index contributed by atoms with van der Waals surface area (Å²) in [6, 6.07) is 0. The lowest BCUT2D eigenvalue weighted by atomic mass is 10.2. The Labute approximate surface area is 81.1 Å². The van der Waals surface area contributed by atoms with Gasteiger partial charge in [-0.3, -0.25) is 10.6 Å². The smallest absolute Gasteiger partial charge is 0.252 e. The van der Waals surface area contributed by atoms with E-state index in [0.717, 1.165) is 0 Å². The lowest BCUT2D eigenvalue weighted by Crippen LogP contribution is -2.31. The number of nitrogens with two attached hydrogens (primary N) is 1. The summed E-state index contributed by atoms with van der Waals surface area (Å²) >= 11 is 3.82. The third-order valence-corrected chi connectivity index (χ3v) is 3.11. The molecule has 0 fully saturated rings. The molecule has 0 amide bonds. The summed E-state index contributed by atoms with van der Waals surface area (Å²) in [5, 5.41) is 0. The standard InChI is InChI=1S/C6H8N2O3S2/c7-8-13(10,11)4-1-2-5(9)6(12)3-4/h1,3,8,12H,2,7H2. The Morgan fingerprint density at radius 3 is 2.62 bits per heavy atom. The molecule has 0 radical (unpaired) electrons. The molecule has 1 aliphatic carbocycles. The van der Waals surface area contributed by atoms with Gasteiger partial charge in [-0.05, 0) is 6.08 Å². The van der Waals surface area contributed by atoms with Crippen LogP contribution < -0.4 is 10.7 Å². The van der Waals surface area contributed by atoms with Crippen LogP contribution in [-0.4, -0.2) is 14.2 Å². The minimum Gasteiger partial charge on any atom is -0.293 e. The van der Waals surface area contributed by atoms with Gasteiger partial charge in [0.1, 0.15) is 0 Å². The molecule has 0 spiro atoms. The van der Waals surface area contributed by atoms with Crippen LogP contribution >= 0.6 is 12.6 Å². The first-order valence-corrected chi connectivity index (χ1v) is 5.27. The number of nitrogens with one attached hydrogen (secondary N) is 1. The van der Waals surface area contributed by atoms with E-state index >= 15 is 0 Å². The maximum Gasteiger partial charge on any atom is 0.252 e. The van der Waals surface area contributed by atoms with Gasteiger partial charge in [0.05, 0.1) is 4.91 Å². The van der Waals surface area contributed by atoms with Gasteiger partial charge in [-0.25, -0.2) is 8.42 Å². The summed E-state index contributed by atoms with van der Waals surface area (Å²) < 4.78 is 22.2. The van der Waals surface area contributed by atoms with Gasteiger partial charge in [0.25, 0.3) is 10.0 Å². The molecule has 0 heterocycles. The molecule has 0 aromatic rings. The fourth-order valence-electron chi connectivity index (χ4n) is 0.827. The van der Waals surface area contributed by atoms with E-state index in [2.05, 4.69) is 12.6 Å². The summed E-state index contributed by atoms with van der Waals surface area (Å²) in [6.45, 7) is 0. The number of sulfonamides is 1. The molecule has 3 N–H and O–H groups in total. The molecule has 0 atom stereocenters. The molecule has 0 unspecified atom stereocenters. The van der Waals surface area contributed by atoms with E-state index in [9.17, 15) is 13.2 Å². The highest BCUT2D eigenvalue weighted by molar-refractivity contribution is 7.93. The number of hydrogen-bond acceptors (Lipinski definition) is 5. The number of hydrazine groups is 1. The maximum atomic E-state index is 11.1. The third-order valence-electron chi connectivity index (χ3n) is 1.52. The minimum atomic E-state index is -3.67. The van der Waals surface area contributed by atoms with Crippen molar-refractivity contribution >= 4 is 28.4 Å². The number of carbonyl (C=O) groups excluding carboxylic acids is 1. The second kappa shape index (κ2) is 3.62. The first kappa shape index (κ1) is 10.5. The molecule has 7 heteroatoms. The highest BCUT2D eigenvalue weighted by Crippen LogP contribution is 2.19. The molecule has 1 rings (SSSR count). The van der Waals surface area contributed by atoms with Crippen LogP contribution in [0.25, 0.3) is 0 Å². The predicted molar refractivity (Wildman–Crippen MR) is 51.0 cm³/mol. The monoisotopic (exact) mass is 220 g/mol. The van der Waals surface area contributed by atoms with Crippen LogP contribution in [0.4, 0.5) is 0 Å². The largest absolute Gasteiger partial charge is 0.293 e. The van der Waals surface area contributed by atoms with E-state index in [0.29, 0.717) is 0 Å². The highest BCUT2D eigenvalue weighted by Gasteiger charge is 2.19. The molecule has 72 valence electrons. The van der Waals surface area contributed by atoms with E-state index in [1.165, 1.54) is 12.2 Å². The molecule has 0 saturated heterocycles. The van der Waals surface area contributed by atoms with Crippen molar-refractivity contribution < 1.29 is 13.2 Å². The van der Waals surface area contributed by atoms with Gasteiger partial charge < -0.3 is 0 Å². The lowest BCUT2D eigenvalue weighted by molar-refractivity contribution is -0.114. The van der Waals surface area contributed by atoms with Crippen molar-refractivity contribution in [2.45, 2.75) is 6.42 Å². The number of allylic oxidation sites excluding steroid dienone is 3. The molecule has 0 aromatic heterocycles. The quantitative estimate of drug-likeness (QED) is 0.331. The van der Waals surface area contributed by atoms with Crippen molar-refractivity contribution in [3.8, 4) is 0 Å². The van der Waals surface area contributed by atoms with Crippen LogP contribution in [0.2, 0.25) is 0 Å². The van der Waals surface area contributed by atoms with Gasteiger partial charge >= 0.3 is 0 Å². The van der Waals surface area contributed by atoms with Crippen molar-refractivity contribution in [1.82, 2.24) is 4.83 Å². The second-order valence-electron chi connectivity index (χ2n) is 2.38. The van der Waals surface area contributed by atoms with Crippen molar-refractivity contribution in [3.63, 3.8) is 0 Å². The van der Waals surface area contributed by atoms with Crippen molar-refractivity contribution in [2.24, 2.45) is 5.84 Å². The molecule has 0 aliphatic heterocycles. The van der Waals surface area contributed by atoms with Gasteiger partial charge in [-0.2, -0.15) is 4.83 Å².